The smallest absolute Gasteiger partial charge is 0.217 e. The van der Waals surface area contributed by atoms with Gasteiger partial charge in [-0.2, -0.15) is 5.10 Å². The Morgan fingerprint density at radius 1 is 1.27 bits per heavy atom. The van der Waals surface area contributed by atoms with Gasteiger partial charge in [0.25, 0.3) is 0 Å². The third kappa shape index (κ3) is 4.46. The Morgan fingerprint density at radius 3 is 2.70 bits per heavy atom. The van der Waals surface area contributed by atoms with E-state index in [-0.39, 0.29) is 6.54 Å². The molecule has 3 aromatic rings. The van der Waals surface area contributed by atoms with Crippen molar-refractivity contribution in [1.82, 2.24) is 19.7 Å². The van der Waals surface area contributed by atoms with Gasteiger partial charge in [0.05, 0.1) is 17.4 Å². The summed E-state index contributed by atoms with van der Waals surface area (Å²) in [7, 11) is 1.85. The van der Waals surface area contributed by atoms with Crippen molar-refractivity contribution in [2.75, 3.05) is 19.8 Å². The number of hydrogen-bond donors (Lipinski definition) is 2. The highest BCUT2D eigenvalue weighted by Crippen LogP contribution is 2.35. The largest absolute Gasteiger partial charge is 0.438 e. The number of aromatic nitrogens is 4. The van der Waals surface area contributed by atoms with Crippen molar-refractivity contribution >= 4 is 11.6 Å². The van der Waals surface area contributed by atoms with Crippen LogP contribution in [0.3, 0.4) is 0 Å². The highest BCUT2D eigenvalue weighted by molar-refractivity contribution is 6.30. The Labute approximate surface area is 179 Å². The van der Waals surface area contributed by atoms with Crippen LogP contribution in [0.25, 0.3) is 11.4 Å². The molecule has 30 heavy (non-hydrogen) atoms. The minimum absolute atomic E-state index is 0.105. The van der Waals surface area contributed by atoms with E-state index in [0.29, 0.717) is 39.5 Å². The molecule has 1 aliphatic heterocycles. The minimum atomic E-state index is -0.793. The van der Waals surface area contributed by atoms with Gasteiger partial charge in [-0.1, -0.05) is 11.6 Å². The lowest BCUT2D eigenvalue weighted by atomic mass is 9.97. The van der Waals surface area contributed by atoms with Gasteiger partial charge in [-0.3, -0.25) is 0 Å². The highest BCUT2D eigenvalue weighted by Gasteiger charge is 2.21. The van der Waals surface area contributed by atoms with Crippen molar-refractivity contribution in [3.63, 3.8) is 0 Å². The Kier molecular flexibility index (Phi) is 6.29. The van der Waals surface area contributed by atoms with Gasteiger partial charge in [0, 0.05) is 67.8 Å². The van der Waals surface area contributed by atoms with Gasteiger partial charge in [0.15, 0.2) is 5.82 Å². The summed E-state index contributed by atoms with van der Waals surface area (Å²) in [5, 5.41) is 15.0. The molecular formula is C21H24ClN5O3. The monoisotopic (exact) mass is 429 g/mol. The van der Waals surface area contributed by atoms with E-state index in [9.17, 15) is 5.11 Å². The van der Waals surface area contributed by atoms with Crippen LogP contribution in [0, 0.1) is 0 Å². The van der Waals surface area contributed by atoms with Gasteiger partial charge in [-0.05, 0) is 25.0 Å². The van der Waals surface area contributed by atoms with Crippen LogP contribution in [-0.4, -0.2) is 44.6 Å². The molecule has 0 saturated carbocycles. The first-order valence-corrected chi connectivity index (χ1v) is 10.2. The van der Waals surface area contributed by atoms with Gasteiger partial charge < -0.3 is 20.3 Å². The molecule has 9 heteroatoms. The first kappa shape index (κ1) is 20.7. The quantitative estimate of drug-likeness (QED) is 0.619. The van der Waals surface area contributed by atoms with Crippen molar-refractivity contribution in [1.29, 1.82) is 0 Å². The van der Waals surface area contributed by atoms with E-state index < -0.39 is 6.10 Å². The van der Waals surface area contributed by atoms with E-state index in [4.69, 9.17) is 26.8 Å². The third-order valence-electron chi connectivity index (χ3n) is 5.17. The molecule has 1 fully saturated rings. The first-order valence-electron chi connectivity index (χ1n) is 9.84. The highest BCUT2D eigenvalue weighted by atomic mass is 35.5. The van der Waals surface area contributed by atoms with Gasteiger partial charge in [-0.25, -0.2) is 14.6 Å². The van der Waals surface area contributed by atoms with E-state index >= 15 is 0 Å². The molecule has 1 aliphatic rings. The summed E-state index contributed by atoms with van der Waals surface area (Å²) in [5.41, 5.74) is 7.73. The number of aliphatic hydroxyl groups excluding tert-OH is 1. The normalized spacial score (nSPS) is 15.9. The van der Waals surface area contributed by atoms with Crippen molar-refractivity contribution in [3.05, 3.63) is 52.9 Å². The number of ether oxygens (including phenoxy) is 2. The Morgan fingerprint density at radius 2 is 2.00 bits per heavy atom. The Hall–Kier alpha value is -2.52. The van der Waals surface area contributed by atoms with Gasteiger partial charge in [0.2, 0.25) is 5.88 Å². The Bertz CT molecular complexity index is 1000. The molecule has 1 atom stereocenters. The van der Waals surface area contributed by atoms with Crippen molar-refractivity contribution < 1.29 is 14.6 Å². The molecule has 1 saturated heterocycles. The number of nitrogens with two attached hydrogens (primary N) is 1. The number of nitrogens with zero attached hydrogens (tertiary/aromatic N) is 4. The van der Waals surface area contributed by atoms with E-state index in [1.807, 2.05) is 19.2 Å². The van der Waals surface area contributed by atoms with Gasteiger partial charge in [0.1, 0.15) is 5.75 Å². The van der Waals surface area contributed by atoms with Crippen LogP contribution in [0.1, 0.15) is 36.1 Å². The molecule has 4 rings (SSSR count). The molecule has 3 N–H and O–H groups in total. The number of benzene rings is 1. The average Bonchev–Trinajstić information content (AvgIpc) is 3.14. The number of rotatable bonds is 6. The van der Waals surface area contributed by atoms with Crippen LogP contribution in [-0.2, 0) is 11.8 Å². The second kappa shape index (κ2) is 9.09. The minimum Gasteiger partial charge on any atom is -0.438 e. The summed E-state index contributed by atoms with van der Waals surface area (Å²) in [6.07, 6.45) is 4.23. The topological polar surface area (TPSA) is 108 Å². The SMILES string of the molecule is Cn1nc(C2CCOCC2)cc1Oc1cc(Cl)ccc1-c1ncc([C@H](O)CN)cn1. The molecule has 0 amide bonds. The predicted molar refractivity (Wildman–Crippen MR) is 113 cm³/mol. The van der Waals surface area contributed by atoms with Crippen molar-refractivity contribution in [2.45, 2.75) is 24.9 Å². The summed E-state index contributed by atoms with van der Waals surface area (Å²) in [6.45, 7) is 1.61. The predicted octanol–water partition coefficient (Wildman–Crippen LogP) is 3.21. The molecule has 2 aromatic heterocycles. The molecule has 158 valence electrons. The molecule has 0 radical (unpaired) electrons. The number of hydrogen-bond acceptors (Lipinski definition) is 7. The fourth-order valence-electron chi connectivity index (χ4n) is 3.42. The molecule has 1 aromatic carbocycles. The van der Waals surface area contributed by atoms with Crippen LogP contribution in [0.5, 0.6) is 11.6 Å². The van der Waals surface area contributed by atoms with Crippen LogP contribution >= 0.6 is 11.6 Å². The maximum atomic E-state index is 9.85. The first-order chi connectivity index (χ1) is 14.5. The van der Waals surface area contributed by atoms with Crippen molar-refractivity contribution in [2.24, 2.45) is 12.8 Å². The summed E-state index contributed by atoms with van der Waals surface area (Å²) in [5.74, 6) is 1.96. The van der Waals surface area contributed by atoms with E-state index in [1.54, 1.807) is 29.2 Å². The second-order valence-electron chi connectivity index (χ2n) is 7.25. The van der Waals surface area contributed by atoms with E-state index in [0.717, 1.165) is 31.7 Å². The standard InChI is InChI=1S/C21H24ClN5O3/c1-27-20(9-17(26-27)13-4-6-29-7-5-13)30-19-8-15(22)2-3-16(19)21-24-11-14(12-25-21)18(28)10-23/h2-3,8-9,11-13,18,28H,4-7,10,23H2,1H3/t18-/m1/s1. The van der Waals surface area contributed by atoms with Crippen LogP contribution in [0.2, 0.25) is 5.02 Å². The van der Waals surface area contributed by atoms with E-state index in [2.05, 4.69) is 15.1 Å². The Balaban J connectivity index is 1.62. The fourth-order valence-corrected chi connectivity index (χ4v) is 3.59. The number of aryl methyl sites for hydroxylation is 1. The average molecular weight is 430 g/mol. The lowest BCUT2D eigenvalue weighted by molar-refractivity contribution is 0.0844. The summed E-state index contributed by atoms with van der Waals surface area (Å²) in [4.78, 5) is 8.73. The fraction of sp³-hybridized carbons (Fsp3) is 0.381. The van der Waals surface area contributed by atoms with Crippen LogP contribution < -0.4 is 10.5 Å². The second-order valence-corrected chi connectivity index (χ2v) is 7.69. The van der Waals surface area contributed by atoms with Crippen LogP contribution in [0.15, 0.2) is 36.7 Å². The van der Waals surface area contributed by atoms with Crippen molar-refractivity contribution in [3.8, 4) is 23.0 Å². The molecular weight excluding hydrogens is 406 g/mol. The maximum absolute atomic E-state index is 9.85. The number of aliphatic hydroxyl groups is 1. The molecule has 0 spiro atoms. The molecule has 0 bridgehead atoms. The summed E-state index contributed by atoms with van der Waals surface area (Å²) in [6, 6.07) is 7.25. The summed E-state index contributed by atoms with van der Waals surface area (Å²) < 4.78 is 13.3. The van der Waals surface area contributed by atoms with Gasteiger partial charge >= 0.3 is 0 Å². The molecule has 8 nitrogen and oxygen atoms in total. The number of halogens is 1. The molecule has 3 heterocycles. The third-order valence-corrected chi connectivity index (χ3v) is 5.41. The maximum Gasteiger partial charge on any atom is 0.217 e. The summed E-state index contributed by atoms with van der Waals surface area (Å²) >= 11 is 6.22. The molecule has 0 aliphatic carbocycles. The zero-order valence-corrected chi connectivity index (χ0v) is 17.4. The molecule has 0 unspecified atom stereocenters. The lowest BCUT2D eigenvalue weighted by Crippen LogP contribution is -2.14. The lowest BCUT2D eigenvalue weighted by Gasteiger charge is -2.19. The van der Waals surface area contributed by atoms with Gasteiger partial charge in [-0.15, -0.1) is 0 Å². The van der Waals surface area contributed by atoms with Crippen LogP contribution in [0.4, 0.5) is 0 Å². The van der Waals surface area contributed by atoms with E-state index in [1.165, 1.54) is 0 Å². The zero-order valence-electron chi connectivity index (χ0n) is 16.7. The zero-order chi connectivity index (χ0) is 21.1.